The first kappa shape index (κ1) is 14.3. The Morgan fingerprint density at radius 1 is 1.17 bits per heavy atom. The Morgan fingerprint density at radius 2 is 1.94 bits per heavy atom. The molecule has 0 radical (unpaired) electrons. The average Bonchev–Trinajstić information content (AvgIpc) is 2.68. The van der Waals surface area contributed by atoms with Crippen LogP contribution in [-0.2, 0) is 0 Å². The number of hydrogen-bond acceptors (Lipinski definition) is 3. The van der Waals surface area contributed by atoms with E-state index >= 15 is 0 Å². The van der Waals surface area contributed by atoms with E-state index in [2.05, 4.69) is 35.9 Å². The largest absolute Gasteiger partial charge is 0.315 e. The molecule has 2 aliphatic rings. The molecule has 0 amide bonds. The van der Waals surface area contributed by atoms with Gasteiger partial charge in [-0.25, -0.2) is 0 Å². The Morgan fingerprint density at radius 3 is 2.67 bits per heavy atom. The van der Waals surface area contributed by atoms with Crippen LogP contribution in [-0.4, -0.2) is 61.2 Å². The van der Waals surface area contributed by atoms with Gasteiger partial charge in [0.25, 0.3) is 0 Å². The van der Waals surface area contributed by atoms with Crippen molar-refractivity contribution in [3.8, 4) is 0 Å². The van der Waals surface area contributed by atoms with Gasteiger partial charge in [0.2, 0.25) is 0 Å². The van der Waals surface area contributed by atoms with Gasteiger partial charge >= 0.3 is 0 Å². The number of likely N-dealkylation sites (N-methyl/N-ethyl adjacent to an activating group) is 1. The molecule has 2 atom stereocenters. The normalized spacial score (nSPS) is 28.3. The highest BCUT2D eigenvalue weighted by Gasteiger charge is 2.32. The molecule has 0 aliphatic carbocycles. The quantitative estimate of drug-likeness (QED) is 0.806. The van der Waals surface area contributed by atoms with Crippen LogP contribution in [0.4, 0.5) is 0 Å². The van der Waals surface area contributed by atoms with Crippen molar-refractivity contribution < 1.29 is 0 Å². The summed E-state index contributed by atoms with van der Waals surface area (Å²) in [5, 5.41) is 3.55. The Labute approximate surface area is 113 Å². The fourth-order valence-electron chi connectivity index (χ4n) is 3.62. The number of rotatable bonds is 5. The maximum Gasteiger partial charge on any atom is 0.0244 e. The Hall–Kier alpha value is -0.120. The molecule has 2 heterocycles. The first-order valence-electron chi connectivity index (χ1n) is 7.91. The van der Waals surface area contributed by atoms with Crippen LogP contribution in [0.3, 0.4) is 0 Å². The molecule has 18 heavy (non-hydrogen) atoms. The summed E-state index contributed by atoms with van der Waals surface area (Å²) in [4.78, 5) is 5.49. The van der Waals surface area contributed by atoms with Gasteiger partial charge in [0, 0.05) is 25.2 Å². The van der Waals surface area contributed by atoms with E-state index in [0.717, 1.165) is 25.0 Å². The van der Waals surface area contributed by atoms with Crippen LogP contribution in [0.2, 0.25) is 0 Å². The molecule has 2 fully saturated rings. The molecular weight excluding hydrogens is 222 g/mol. The summed E-state index contributed by atoms with van der Waals surface area (Å²) in [6.07, 6.45) is 4.19. The predicted octanol–water partition coefficient (Wildman–Crippen LogP) is 1.79. The Bertz CT molecular complexity index is 242. The van der Waals surface area contributed by atoms with E-state index in [-0.39, 0.29) is 0 Å². The van der Waals surface area contributed by atoms with Crippen molar-refractivity contribution in [1.82, 2.24) is 15.1 Å². The van der Waals surface area contributed by atoms with E-state index in [0.29, 0.717) is 6.04 Å². The SMILES string of the molecule is CCNCC(C(C)C)N1CCCN2CCCC2C1. The van der Waals surface area contributed by atoms with Crippen LogP contribution < -0.4 is 5.32 Å². The molecule has 0 aromatic rings. The molecule has 0 spiro atoms. The maximum absolute atomic E-state index is 3.55. The van der Waals surface area contributed by atoms with Crippen LogP contribution in [0, 0.1) is 5.92 Å². The molecule has 0 aromatic heterocycles. The highest BCUT2D eigenvalue weighted by atomic mass is 15.3. The van der Waals surface area contributed by atoms with Crippen molar-refractivity contribution in [2.75, 3.05) is 39.3 Å². The lowest BCUT2D eigenvalue weighted by atomic mass is 10.0. The Kier molecular flexibility index (Phi) is 5.46. The first-order chi connectivity index (χ1) is 8.72. The fourth-order valence-corrected chi connectivity index (χ4v) is 3.62. The summed E-state index contributed by atoms with van der Waals surface area (Å²) >= 11 is 0. The minimum absolute atomic E-state index is 0.713. The number of nitrogens with one attached hydrogen (secondary N) is 1. The molecule has 2 rings (SSSR count). The lowest BCUT2D eigenvalue weighted by molar-refractivity contribution is 0.137. The topological polar surface area (TPSA) is 18.5 Å². The molecule has 1 N–H and O–H groups in total. The minimum Gasteiger partial charge on any atom is -0.315 e. The second-order valence-corrected chi connectivity index (χ2v) is 6.30. The third-order valence-corrected chi connectivity index (χ3v) is 4.68. The molecule has 2 aliphatic heterocycles. The van der Waals surface area contributed by atoms with Crippen molar-refractivity contribution in [3.63, 3.8) is 0 Å². The van der Waals surface area contributed by atoms with E-state index in [1.54, 1.807) is 0 Å². The summed E-state index contributed by atoms with van der Waals surface area (Å²) in [6, 6.07) is 1.56. The van der Waals surface area contributed by atoms with E-state index in [1.807, 2.05) is 0 Å². The van der Waals surface area contributed by atoms with Gasteiger partial charge in [0.1, 0.15) is 0 Å². The van der Waals surface area contributed by atoms with Crippen LogP contribution in [0.1, 0.15) is 40.0 Å². The Balaban J connectivity index is 1.95. The molecule has 2 unspecified atom stereocenters. The van der Waals surface area contributed by atoms with Gasteiger partial charge in [0.15, 0.2) is 0 Å². The van der Waals surface area contributed by atoms with Gasteiger partial charge in [-0.15, -0.1) is 0 Å². The fraction of sp³-hybridized carbons (Fsp3) is 1.00. The summed E-state index contributed by atoms with van der Waals surface area (Å²) in [5.41, 5.74) is 0. The lowest BCUT2D eigenvalue weighted by Crippen LogP contribution is -2.48. The van der Waals surface area contributed by atoms with Crippen molar-refractivity contribution in [2.45, 2.75) is 52.1 Å². The third-order valence-electron chi connectivity index (χ3n) is 4.68. The smallest absolute Gasteiger partial charge is 0.0244 e. The van der Waals surface area contributed by atoms with Crippen LogP contribution in [0.5, 0.6) is 0 Å². The van der Waals surface area contributed by atoms with Crippen LogP contribution >= 0.6 is 0 Å². The predicted molar refractivity (Wildman–Crippen MR) is 78.0 cm³/mol. The molecule has 2 saturated heterocycles. The molecule has 0 saturated carbocycles. The molecule has 3 nitrogen and oxygen atoms in total. The monoisotopic (exact) mass is 253 g/mol. The average molecular weight is 253 g/mol. The highest BCUT2D eigenvalue weighted by molar-refractivity contribution is 4.88. The molecular formula is C15H31N3. The summed E-state index contributed by atoms with van der Waals surface area (Å²) in [7, 11) is 0. The summed E-state index contributed by atoms with van der Waals surface area (Å²) in [5.74, 6) is 0.747. The molecule has 0 bridgehead atoms. The number of fused-ring (bicyclic) bond motifs is 1. The van der Waals surface area contributed by atoms with E-state index in [1.165, 1.54) is 45.4 Å². The standard InChI is InChI=1S/C15H31N3/c1-4-16-11-15(13(2)3)18-10-6-9-17-8-5-7-14(17)12-18/h13-16H,4-12H2,1-3H3. The summed E-state index contributed by atoms with van der Waals surface area (Å²) < 4.78 is 0. The van der Waals surface area contributed by atoms with Crippen molar-refractivity contribution in [3.05, 3.63) is 0 Å². The third kappa shape index (κ3) is 3.46. The van der Waals surface area contributed by atoms with Gasteiger partial charge in [-0.1, -0.05) is 20.8 Å². The second-order valence-electron chi connectivity index (χ2n) is 6.30. The van der Waals surface area contributed by atoms with Gasteiger partial charge in [-0.3, -0.25) is 9.80 Å². The van der Waals surface area contributed by atoms with Crippen molar-refractivity contribution in [1.29, 1.82) is 0 Å². The molecule has 0 aromatic carbocycles. The number of nitrogens with zero attached hydrogens (tertiary/aromatic N) is 2. The minimum atomic E-state index is 0.713. The molecule has 3 heteroatoms. The zero-order chi connectivity index (χ0) is 13.0. The summed E-state index contributed by atoms with van der Waals surface area (Å²) in [6.45, 7) is 14.5. The lowest BCUT2D eigenvalue weighted by Gasteiger charge is -2.35. The van der Waals surface area contributed by atoms with Crippen molar-refractivity contribution in [2.24, 2.45) is 5.92 Å². The zero-order valence-electron chi connectivity index (χ0n) is 12.5. The van der Waals surface area contributed by atoms with Crippen molar-refractivity contribution >= 4 is 0 Å². The second kappa shape index (κ2) is 6.88. The van der Waals surface area contributed by atoms with Gasteiger partial charge < -0.3 is 5.32 Å². The van der Waals surface area contributed by atoms with E-state index in [9.17, 15) is 0 Å². The van der Waals surface area contributed by atoms with Gasteiger partial charge in [-0.2, -0.15) is 0 Å². The zero-order valence-corrected chi connectivity index (χ0v) is 12.5. The van der Waals surface area contributed by atoms with Crippen LogP contribution in [0.25, 0.3) is 0 Å². The van der Waals surface area contributed by atoms with E-state index < -0.39 is 0 Å². The van der Waals surface area contributed by atoms with Crippen LogP contribution in [0.15, 0.2) is 0 Å². The maximum atomic E-state index is 3.55. The van der Waals surface area contributed by atoms with Gasteiger partial charge in [-0.05, 0) is 51.4 Å². The number of hydrogen-bond donors (Lipinski definition) is 1. The van der Waals surface area contributed by atoms with Gasteiger partial charge in [0.05, 0.1) is 0 Å². The molecule has 106 valence electrons. The first-order valence-corrected chi connectivity index (χ1v) is 7.91. The van der Waals surface area contributed by atoms with E-state index in [4.69, 9.17) is 0 Å². The highest BCUT2D eigenvalue weighted by Crippen LogP contribution is 2.23.